The SMILES string of the molecule is CCC1(CC)O[C@H](C)[C@H](c2ccccc2I)O1. The van der Waals surface area contributed by atoms with E-state index in [1.54, 1.807) is 0 Å². The summed E-state index contributed by atoms with van der Waals surface area (Å²) in [6.07, 6.45) is 1.97. The summed E-state index contributed by atoms with van der Waals surface area (Å²) in [6, 6.07) is 8.36. The Labute approximate surface area is 117 Å². The minimum absolute atomic E-state index is 0.0583. The Morgan fingerprint density at radius 2 is 1.82 bits per heavy atom. The Kier molecular flexibility index (Phi) is 4.10. The van der Waals surface area contributed by atoms with E-state index in [0.717, 1.165) is 12.8 Å². The molecule has 94 valence electrons. The quantitative estimate of drug-likeness (QED) is 0.761. The van der Waals surface area contributed by atoms with Crippen LogP contribution in [0, 0.1) is 3.57 Å². The fourth-order valence-corrected chi connectivity index (χ4v) is 3.06. The third-order valence-corrected chi connectivity index (χ3v) is 4.44. The zero-order valence-corrected chi connectivity index (χ0v) is 12.7. The summed E-state index contributed by atoms with van der Waals surface area (Å²) < 4.78 is 13.5. The molecule has 2 atom stereocenters. The van der Waals surface area contributed by atoms with Crippen molar-refractivity contribution >= 4 is 22.6 Å². The summed E-state index contributed by atoms with van der Waals surface area (Å²) in [7, 11) is 0. The average molecular weight is 346 g/mol. The molecule has 2 rings (SSSR count). The largest absolute Gasteiger partial charge is 0.344 e. The van der Waals surface area contributed by atoms with Crippen LogP contribution in [0.5, 0.6) is 0 Å². The molecule has 1 aromatic rings. The summed E-state index contributed by atoms with van der Waals surface area (Å²) in [5.74, 6) is -0.386. The minimum atomic E-state index is -0.386. The Morgan fingerprint density at radius 1 is 1.18 bits per heavy atom. The Bertz CT molecular complexity index is 388. The lowest BCUT2D eigenvalue weighted by atomic mass is 10.1. The smallest absolute Gasteiger partial charge is 0.169 e. The number of rotatable bonds is 3. The molecule has 1 aliphatic rings. The molecule has 0 N–H and O–H groups in total. The molecule has 0 unspecified atom stereocenters. The van der Waals surface area contributed by atoms with Gasteiger partial charge in [0.2, 0.25) is 0 Å². The van der Waals surface area contributed by atoms with E-state index >= 15 is 0 Å². The summed E-state index contributed by atoms with van der Waals surface area (Å²) in [4.78, 5) is 0. The molecular formula is C14H19IO2. The molecule has 0 aromatic heterocycles. The standard InChI is InChI=1S/C14H19IO2/c1-4-14(5-2)16-10(3)13(17-14)11-8-6-7-9-12(11)15/h6-10,13H,4-5H2,1-3H3/t10-,13-/m1/s1. The van der Waals surface area contributed by atoms with Crippen molar-refractivity contribution in [2.45, 2.75) is 51.6 Å². The van der Waals surface area contributed by atoms with Crippen molar-refractivity contribution < 1.29 is 9.47 Å². The number of benzene rings is 1. The molecule has 3 heteroatoms. The first-order valence-corrected chi connectivity index (χ1v) is 7.30. The lowest BCUT2D eigenvalue weighted by Crippen LogP contribution is -2.28. The first-order valence-electron chi connectivity index (χ1n) is 6.22. The molecular weight excluding hydrogens is 327 g/mol. The zero-order chi connectivity index (χ0) is 12.5. The molecule has 17 heavy (non-hydrogen) atoms. The van der Waals surface area contributed by atoms with E-state index in [-0.39, 0.29) is 18.0 Å². The fourth-order valence-electron chi connectivity index (χ4n) is 2.36. The van der Waals surface area contributed by atoms with E-state index in [0.29, 0.717) is 0 Å². The van der Waals surface area contributed by atoms with Crippen LogP contribution < -0.4 is 0 Å². The Morgan fingerprint density at radius 3 is 2.35 bits per heavy atom. The van der Waals surface area contributed by atoms with E-state index in [1.807, 2.05) is 0 Å². The predicted molar refractivity (Wildman–Crippen MR) is 76.8 cm³/mol. The molecule has 1 heterocycles. The van der Waals surface area contributed by atoms with Gasteiger partial charge in [-0.3, -0.25) is 0 Å². The summed E-state index contributed by atoms with van der Waals surface area (Å²) in [6.45, 7) is 6.34. The maximum atomic E-state index is 6.20. The molecule has 0 spiro atoms. The maximum absolute atomic E-state index is 6.20. The highest BCUT2D eigenvalue weighted by Crippen LogP contribution is 2.42. The van der Waals surface area contributed by atoms with Gasteiger partial charge in [-0.2, -0.15) is 0 Å². The van der Waals surface area contributed by atoms with Crippen LogP contribution in [0.15, 0.2) is 24.3 Å². The van der Waals surface area contributed by atoms with Gasteiger partial charge in [-0.15, -0.1) is 0 Å². The van der Waals surface area contributed by atoms with Gasteiger partial charge in [0.25, 0.3) is 0 Å². The second kappa shape index (κ2) is 5.24. The monoisotopic (exact) mass is 346 g/mol. The predicted octanol–water partition coefficient (Wildman–Crippen LogP) is 4.28. The third kappa shape index (κ3) is 2.51. The normalized spacial score (nSPS) is 27.3. The molecule has 0 bridgehead atoms. The van der Waals surface area contributed by atoms with Crippen molar-refractivity contribution in [3.05, 3.63) is 33.4 Å². The van der Waals surface area contributed by atoms with E-state index in [9.17, 15) is 0 Å². The van der Waals surface area contributed by atoms with Crippen LogP contribution in [0.3, 0.4) is 0 Å². The molecule has 1 saturated heterocycles. The third-order valence-electron chi connectivity index (χ3n) is 3.46. The number of hydrogen-bond donors (Lipinski definition) is 0. The van der Waals surface area contributed by atoms with Gasteiger partial charge in [0.1, 0.15) is 6.10 Å². The van der Waals surface area contributed by atoms with Crippen LogP contribution in [0.2, 0.25) is 0 Å². The van der Waals surface area contributed by atoms with Gasteiger partial charge < -0.3 is 9.47 Å². The second-order valence-corrected chi connectivity index (χ2v) is 5.66. The molecule has 1 aromatic carbocycles. The Hall–Kier alpha value is -0.130. The molecule has 1 aliphatic heterocycles. The molecule has 0 aliphatic carbocycles. The van der Waals surface area contributed by atoms with E-state index in [1.165, 1.54) is 9.13 Å². The van der Waals surface area contributed by atoms with Gasteiger partial charge in [0.05, 0.1) is 6.10 Å². The van der Waals surface area contributed by atoms with Crippen molar-refractivity contribution in [2.24, 2.45) is 0 Å². The number of hydrogen-bond acceptors (Lipinski definition) is 2. The van der Waals surface area contributed by atoms with Gasteiger partial charge in [-0.05, 0) is 54.0 Å². The van der Waals surface area contributed by atoms with Gasteiger partial charge in [0.15, 0.2) is 5.79 Å². The van der Waals surface area contributed by atoms with Gasteiger partial charge in [-0.25, -0.2) is 0 Å². The Balaban J connectivity index is 2.27. The van der Waals surface area contributed by atoms with E-state index in [2.05, 4.69) is 67.6 Å². The lowest BCUT2D eigenvalue weighted by Gasteiger charge is -2.25. The van der Waals surface area contributed by atoms with Crippen molar-refractivity contribution in [2.75, 3.05) is 0 Å². The van der Waals surface area contributed by atoms with Crippen LogP contribution in [0.25, 0.3) is 0 Å². The first kappa shape index (κ1) is 13.3. The highest BCUT2D eigenvalue weighted by atomic mass is 127. The van der Waals surface area contributed by atoms with Crippen molar-refractivity contribution in [1.82, 2.24) is 0 Å². The van der Waals surface area contributed by atoms with Gasteiger partial charge in [-0.1, -0.05) is 32.0 Å². The first-order chi connectivity index (χ1) is 8.12. The topological polar surface area (TPSA) is 18.5 Å². The van der Waals surface area contributed by atoms with Crippen LogP contribution >= 0.6 is 22.6 Å². The van der Waals surface area contributed by atoms with Gasteiger partial charge in [0, 0.05) is 3.57 Å². The minimum Gasteiger partial charge on any atom is -0.344 e. The highest BCUT2D eigenvalue weighted by Gasteiger charge is 2.44. The average Bonchev–Trinajstić information content (AvgIpc) is 2.68. The summed E-state index contributed by atoms with van der Waals surface area (Å²) in [5, 5.41) is 0. The van der Waals surface area contributed by atoms with Crippen molar-refractivity contribution in [3.63, 3.8) is 0 Å². The van der Waals surface area contributed by atoms with Crippen molar-refractivity contribution in [1.29, 1.82) is 0 Å². The second-order valence-electron chi connectivity index (χ2n) is 4.50. The van der Waals surface area contributed by atoms with Crippen LogP contribution in [0.4, 0.5) is 0 Å². The fraction of sp³-hybridized carbons (Fsp3) is 0.571. The summed E-state index contributed by atoms with van der Waals surface area (Å²) in [5.41, 5.74) is 1.24. The van der Waals surface area contributed by atoms with Gasteiger partial charge >= 0.3 is 0 Å². The lowest BCUT2D eigenvalue weighted by molar-refractivity contribution is -0.178. The molecule has 2 nitrogen and oxygen atoms in total. The van der Waals surface area contributed by atoms with Crippen LogP contribution in [0.1, 0.15) is 45.3 Å². The van der Waals surface area contributed by atoms with E-state index in [4.69, 9.17) is 9.47 Å². The number of ether oxygens (including phenoxy) is 2. The summed E-state index contributed by atoms with van der Waals surface area (Å²) >= 11 is 2.36. The van der Waals surface area contributed by atoms with Crippen LogP contribution in [-0.4, -0.2) is 11.9 Å². The van der Waals surface area contributed by atoms with Crippen molar-refractivity contribution in [3.8, 4) is 0 Å². The molecule has 0 amide bonds. The molecule has 0 radical (unpaired) electrons. The maximum Gasteiger partial charge on any atom is 0.169 e. The zero-order valence-electron chi connectivity index (χ0n) is 10.6. The number of halogens is 1. The molecule has 0 saturated carbocycles. The van der Waals surface area contributed by atoms with Crippen LogP contribution in [-0.2, 0) is 9.47 Å². The molecule has 1 fully saturated rings. The highest BCUT2D eigenvalue weighted by molar-refractivity contribution is 14.1. The van der Waals surface area contributed by atoms with E-state index < -0.39 is 0 Å².